The Bertz CT molecular complexity index is 1870. The largest absolute Gasteiger partial charge is 0.461 e. The van der Waals surface area contributed by atoms with Crippen molar-refractivity contribution in [3.05, 3.63) is 41.0 Å². The normalized spacial score (nSPS) is 32.6. The molecule has 242 valence electrons. The first-order valence-corrected chi connectivity index (χ1v) is 15.6. The molecule has 0 radical (unpaired) electrons. The quantitative estimate of drug-likeness (QED) is 0.377. The Balaban J connectivity index is 1.28. The van der Waals surface area contributed by atoms with Crippen molar-refractivity contribution in [2.75, 3.05) is 36.9 Å². The summed E-state index contributed by atoms with van der Waals surface area (Å²) in [5.74, 6) is -2.37. The number of pyridine rings is 1. The molecule has 6 aliphatic heterocycles. The molecule has 1 spiro atoms. The average Bonchev–Trinajstić information content (AvgIpc) is 3.24. The van der Waals surface area contributed by atoms with Gasteiger partial charge in [0.2, 0.25) is 0 Å². The van der Waals surface area contributed by atoms with Gasteiger partial charge in [-0.2, -0.15) is 23.1 Å². The van der Waals surface area contributed by atoms with Crippen LogP contribution >= 0.6 is 0 Å². The second-order valence-electron chi connectivity index (χ2n) is 13.9. The molecule has 14 heteroatoms. The Morgan fingerprint density at radius 1 is 1.15 bits per heavy atom. The minimum atomic E-state index is -4.99. The molecule has 3 N–H and O–H groups in total. The third-order valence-corrected chi connectivity index (χ3v) is 11.4. The van der Waals surface area contributed by atoms with Crippen molar-refractivity contribution in [2.45, 2.75) is 74.5 Å². The smallest absolute Gasteiger partial charge is 0.418 e. The maximum absolute atomic E-state index is 16.9. The predicted octanol–water partition coefficient (Wildman–Crippen LogP) is 5.17. The summed E-state index contributed by atoms with van der Waals surface area (Å²) in [4.78, 5) is 17.1. The molecule has 4 bridgehead atoms. The van der Waals surface area contributed by atoms with Crippen molar-refractivity contribution in [1.82, 2.24) is 25.2 Å². The van der Waals surface area contributed by atoms with E-state index in [1.165, 1.54) is 6.92 Å². The van der Waals surface area contributed by atoms with Gasteiger partial charge in [-0.3, -0.25) is 4.90 Å². The fourth-order valence-electron chi connectivity index (χ4n) is 9.62. The third-order valence-electron chi connectivity index (χ3n) is 11.4. The van der Waals surface area contributed by atoms with Crippen LogP contribution in [0.3, 0.4) is 0 Å². The molecule has 1 aliphatic carbocycles. The number of nitrogens with one attached hydrogen (secondary N) is 1. The number of piperidine rings is 2. The number of nitrogen functional groups attached to an aromatic ring is 1. The summed E-state index contributed by atoms with van der Waals surface area (Å²) >= 11 is 0. The minimum Gasteiger partial charge on any atom is -0.461 e. The second-order valence-corrected chi connectivity index (χ2v) is 13.9. The fraction of sp³-hybridized carbons (Fsp3) is 0.531. The van der Waals surface area contributed by atoms with Crippen LogP contribution in [0.25, 0.3) is 27.7 Å². The van der Waals surface area contributed by atoms with E-state index in [1.807, 2.05) is 0 Å². The zero-order valence-electron chi connectivity index (χ0n) is 24.9. The van der Waals surface area contributed by atoms with Crippen LogP contribution in [0, 0.1) is 24.5 Å². The highest BCUT2D eigenvalue weighted by Crippen LogP contribution is 2.65. The van der Waals surface area contributed by atoms with Gasteiger partial charge in [-0.05, 0) is 56.4 Å². The first kappa shape index (κ1) is 28.6. The van der Waals surface area contributed by atoms with Gasteiger partial charge in [0.05, 0.1) is 33.3 Å². The molecule has 8 nitrogen and oxygen atoms in total. The van der Waals surface area contributed by atoms with Gasteiger partial charge in [0.25, 0.3) is 0 Å². The van der Waals surface area contributed by atoms with Crippen LogP contribution in [0.1, 0.15) is 48.8 Å². The molecule has 1 saturated carbocycles. The maximum atomic E-state index is 16.9. The third kappa shape index (κ3) is 3.62. The van der Waals surface area contributed by atoms with E-state index >= 15 is 8.78 Å². The topological polar surface area (TPSA) is 92.4 Å². The Morgan fingerprint density at radius 3 is 2.70 bits per heavy atom. The van der Waals surface area contributed by atoms with E-state index < -0.39 is 51.9 Å². The lowest BCUT2D eigenvalue weighted by molar-refractivity contribution is -0.137. The van der Waals surface area contributed by atoms with E-state index in [-0.39, 0.29) is 70.7 Å². The number of benzene rings is 1. The van der Waals surface area contributed by atoms with E-state index in [2.05, 4.69) is 31.7 Å². The highest BCUT2D eigenvalue weighted by Gasteiger charge is 2.75. The lowest BCUT2D eigenvalue weighted by atomic mass is 9.89. The number of nitrogens with zero attached hydrogens (tertiary/aromatic N) is 5. The summed E-state index contributed by atoms with van der Waals surface area (Å²) in [6.45, 7) is 6.97. The first-order chi connectivity index (χ1) is 21.8. The summed E-state index contributed by atoms with van der Waals surface area (Å²) in [6, 6.07) is 1.05. The minimum absolute atomic E-state index is 0.0412. The van der Waals surface area contributed by atoms with Crippen molar-refractivity contribution >= 4 is 28.1 Å². The fourth-order valence-corrected chi connectivity index (χ4v) is 9.62. The number of ether oxygens (including phenoxy) is 1. The molecule has 8 heterocycles. The molecule has 1 unspecified atom stereocenters. The van der Waals surface area contributed by atoms with Crippen molar-refractivity contribution in [3.8, 4) is 17.3 Å². The van der Waals surface area contributed by atoms with Crippen LogP contribution < -0.4 is 20.7 Å². The summed E-state index contributed by atoms with van der Waals surface area (Å²) in [5.41, 5.74) is 1.04. The second kappa shape index (κ2) is 9.03. The molecule has 10 rings (SSSR count). The molecule has 5 saturated heterocycles. The Morgan fingerprint density at radius 2 is 1.96 bits per heavy atom. The average molecular weight is 644 g/mol. The SMILES string of the molecule is C=C1C[C@]23C4C[C@H](CN2c2nc(OC[C@@]56CCCN5C[C@H](F)C6)nc5c(F)c(-c6nc(N)cc(C)c6C(F)(F)F)c(F)c1c25)N[C@@H]43. The number of rotatable bonds is 4. The van der Waals surface area contributed by atoms with Crippen molar-refractivity contribution in [3.63, 3.8) is 0 Å². The maximum Gasteiger partial charge on any atom is 0.418 e. The molecule has 3 aromatic rings. The standard InChI is InChI=1S/C32H31F6N7O/c1-13-6-18(39)41-25(22(13)32(36,37)38)21-23(34)19-14(2)8-31-17-7-16(40-27(17)31)11-45(31)28-20(19)26(24(21)35)42-29(43-28)46-12-30-4-3-5-44(30)10-15(33)9-30/h6,15-17,27,40H,2-5,7-12H2,1H3,(H2,39,41)/t15-,16-,17?,27+,30+,31-/m1/s1. The van der Waals surface area contributed by atoms with Gasteiger partial charge >= 0.3 is 12.2 Å². The highest BCUT2D eigenvalue weighted by molar-refractivity contribution is 6.04. The van der Waals surface area contributed by atoms with Gasteiger partial charge in [0.15, 0.2) is 5.82 Å². The number of nitrogens with two attached hydrogens (primary N) is 1. The number of alkyl halides is 4. The number of aromatic nitrogens is 3. The number of anilines is 2. The molecule has 2 aromatic heterocycles. The number of aryl methyl sites for hydroxylation is 1. The zero-order valence-corrected chi connectivity index (χ0v) is 24.9. The van der Waals surface area contributed by atoms with Crippen LogP contribution in [-0.4, -0.2) is 75.4 Å². The summed E-state index contributed by atoms with van der Waals surface area (Å²) in [6.07, 6.45) is -2.89. The molecular weight excluding hydrogens is 612 g/mol. The number of halogens is 6. The number of hydrogen-bond donors (Lipinski definition) is 2. The molecular formula is C32H31F6N7O. The summed E-state index contributed by atoms with van der Waals surface area (Å²) < 4.78 is 97.7. The van der Waals surface area contributed by atoms with E-state index in [0.717, 1.165) is 25.5 Å². The van der Waals surface area contributed by atoms with E-state index in [1.54, 1.807) is 0 Å². The summed E-state index contributed by atoms with van der Waals surface area (Å²) in [7, 11) is 0. The molecule has 7 aliphatic rings. The van der Waals surface area contributed by atoms with Crippen LogP contribution in [0.5, 0.6) is 6.01 Å². The number of fused-ring (bicyclic) bond motifs is 1. The first-order valence-electron chi connectivity index (χ1n) is 15.6. The predicted molar refractivity (Wildman–Crippen MR) is 158 cm³/mol. The van der Waals surface area contributed by atoms with Gasteiger partial charge < -0.3 is 20.7 Å². The van der Waals surface area contributed by atoms with Crippen LogP contribution in [0.4, 0.5) is 38.0 Å². The van der Waals surface area contributed by atoms with E-state index in [4.69, 9.17) is 15.5 Å². The molecule has 0 amide bonds. The van der Waals surface area contributed by atoms with Gasteiger partial charge in [0, 0.05) is 43.1 Å². The van der Waals surface area contributed by atoms with Gasteiger partial charge in [-0.25, -0.2) is 18.2 Å². The molecule has 46 heavy (non-hydrogen) atoms. The molecule has 1 aromatic carbocycles. The molecule has 6 fully saturated rings. The van der Waals surface area contributed by atoms with Crippen LogP contribution in [0.15, 0.2) is 12.6 Å². The summed E-state index contributed by atoms with van der Waals surface area (Å²) in [5, 5.41) is 3.66. The highest BCUT2D eigenvalue weighted by atomic mass is 19.4. The monoisotopic (exact) mass is 643 g/mol. The lowest BCUT2D eigenvalue weighted by Gasteiger charge is -2.43. The van der Waals surface area contributed by atoms with Gasteiger partial charge in [0.1, 0.15) is 35.7 Å². The van der Waals surface area contributed by atoms with Gasteiger partial charge in [-0.15, -0.1) is 0 Å². The van der Waals surface area contributed by atoms with Crippen molar-refractivity contribution < 1.29 is 31.1 Å². The van der Waals surface area contributed by atoms with Crippen molar-refractivity contribution in [2.24, 2.45) is 5.92 Å². The van der Waals surface area contributed by atoms with Crippen LogP contribution in [0.2, 0.25) is 0 Å². The number of hydrogen-bond acceptors (Lipinski definition) is 8. The Kier molecular flexibility index (Phi) is 5.61. The van der Waals surface area contributed by atoms with E-state index in [9.17, 15) is 17.6 Å². The Hall–Kier alpha value is -3.65. The van der Waals surface area contributed by atoms with E-state index in [0.29, 0.717) is 31.5 Å². The lowest BCUT2D eigenvalue weighted by Crippen LogP contribution is -2.58. The van der Waals surface area contributed by atoms with Gasteiger partial charge in [-0.1, -0.05) is 6.58 Å². The zero-order chi connectivity index (χ0) is 32.1. The van der Waals surface area contributed by atoms with Crippen molar-refractivity contribution in [1.29, 1.82) is 0 Å². The van der Waals surface area contributed by atoms with Crippen LogP contribution in [-0.2, 0) is 6.18 Å². The Labute approximate surface area is 260 Å². The molecule has 6 atom stereocenters. The number of piperazine rings is 1.